The molecule has 2 rings (SSSR count). The molecule has 0 fully saturated rings. The van der Waals surface area contributed by atoms with E-state index < -0.39 is 0 Å². The number of hydrogen-bond acceptors (Lipinski definition) is 4. The summed E-state index contributed by atoms with van der Waals surface area (Å²) in [5, 5.41) is 0. The molecule has 5 nitrogen and oxygen atoms in total. The number of para-hydroxylation sites is 1. The van der Waals surface area contributed by atoms with Crippen LogP contribution in [0.5, 0.6) is 5.75 Å². The molecule has 0 saturated heterocycles. The molecular formula is C13H15N3O2. The minimum absolute atomic E-state index is 0.180. The first-order valence-corrected chi connectivity index (χ1v) is 5.75. The predicted molar refractivity (Wildman–Crippen MR) is 68.4 cm³/mol. The molecule has 18 heavy (non-hydrogen) atoms. The van der Waals surface area contributed by atoms with Crippen LogP contribution in [0.2, 0.25) is 0 Å². The third-order valence-corrected chi connectivity index (χ3v) is 2.36. The lowest BCUT2D eigenvalue weighted by molar-refractivity contribution is 0.295. The van der Waals surface area contributed by atoms with Crippen LogP contribution in [0.4, 0.5) is 0 Å². The van der Waals surface area contributed by atoms with Crippen LogP contribution >= 0.6 is 0 Å². The molecular weight excluding hydrogens is 230 g/mol. The molecule has 3 N–H and O–H groups in total. The molecule has 0 spiro atoms. The second-order valence-electron chi connectivity index (χ2n) is 3.82. The molecule has 0 saturated carbocycles. The van der Waals surface area contributed by atoms with Crippen molar-refractivity contribution in [2.75, 3.05) is 6.54 Å². The minimum atomic E-state index is -0.180. The summed E-state index contributed by atoms with van der Waals surface area (Å²) in [6.07, 6.45) is 0.586. The number of H-pyrrole nitrogens is 1. The van der Waals surface area contributed by atoms with E-state index >= 15 is 0 Å². The van der Waals surface area contributed by atoms with Crippen LogP contribution in [-0.2, 0) is 13.0 Å². The molecule has 0 aliphatic carbocycles. The second kappa shape index (κ2) is 5.97. The quantitative estimate of drug-likeness (QED) is 0.818. The Balaban J connectivity index is 2.07. The van der Waals surface area contributed by atoms with Gasteiger partial charge >= 0.3 is 0 Å². The first-order chi connectivity index (χ1) is 8.78. The molecule has 1 heterocycles. The standard InChI is InChI=1S/C13H15N3O2/c14-7-6-10-8-13(17)16-12(15-10)9-18-11-4-2-1-3-5-11/h1-5,8H,6-7,9,14H2,(H,15,16,17). The van der Waals surface area contributed by atoms with E-state index in [0.717, 1.165) is 5.75 Å². The number of ether oxygens (including phenoxy) is 1. The summed E-state index contributed by atoms with van der Waals surface area (Å²) < 4.78 is 5.52. The fourth-order valence-corrected chi connectivity index (χ4v) is 1.58. The van der Waals surface area contributed by atoms with E-state index in [2.05, 4.69) is 9.97 Å². The van der Waals surface area contributed by atoms with Gasteiger partial charge in [-0.3, -0.25) is 4.79 Å². The third kappa shape index (κ3) is 3.43. The van der Waals surface area contributed by atoms with Crippen molar-refractivity contribution in [3.63, 3.8) is 0 Å². The predicted octanol–water partition coefficient (Wildman–Crippen LogP) is 0.850. The van der Waals surface area contributed by atoms with Crippen molar-refractivity contribution in [3.05, 3.63) is 58.3 Å². The van der Waals surface area contributed by atoms with Crippen LogP contribution in [0.1, 0.15) is 11.5 Å². The Labute approximate surface area is 105 Å². The molecule has 0 aliphatic rings. The number of nitrogens with two attached hydrogens (primary N) is 1. The highest BCUT2D eigenvalue weighted by atomic mass is 16.5. The highest BCUT2D eigenvalue weighted by molar-refractivity contribution is 5.21. The molecule has 0 bridgehead atoms. The number of nitrogens with zero attached hydrogens (tertiary/aromatic N) is 1. The number of nitrogens with one attached hydrogen (secondary N) is 1. The highest BCUT2D eigenvalue weighted by Gasteiger charge is 2.02. The lowest BCUT2D eigenvalue weighted by Gasteiger charge is -2.06. The van der Waals surface area contributed by atoms with Gasteiger partial charge in [-0.15, -0.1) is 0 Å². The Morgan fingerprint density at radius 1 is 1.28 bits per heavy atom. The Morgan fingerprint density at radius 2 is 2.06 bits per heavy atom. The van der Waals surface area contributed by atoms with Crippen LogP contribution in [0.15, 0.2) is 41.2 Å². The van der Waals surface area contributed by atoms with Crippen molar-refractivity contribution in [1.29, 1.82) is 0 Å². The summed E-state index contributed by atoms with van der Waals surface area (Å²) in [7, 11) is 0. The average molecular weight is 245 g/mol. The van der Waals surface area contributed by atoms with Crippen molar-refractivity contribution in [2.45, 2.75) is 13.0 Å². The van der Waals surface area contributed by atoms with Crippen LogP contribution in [0.25, 0.3) is 0 Å². The van der Waals surface area contributed by atoms with Crippen molar-refractivity contribution in [1.82, 2.24) is 9.97 Å². The van der Waals surface area contributed by atoms with Gasteiger partial charge in [0.1, 0.15) is 18.2 Å². The smallest absolute Gasteiger partial charge is 0.251 e. The van der Waals surface area contributed by atoms with E-state index in [4.69, 9.17) is 10.5 Å². The van der Waals surface area contributed by atoms with Gasteiger partial charge in [0.25, 0.3) is 5.56 Å². The molecule has 0 aliphatic heterocycles. The van der Waals surface area contributed by atoms with Gasteiger partial charge in [-0.25, -0.2) is 4.98 Å². The van der Waals surface area contributed by atoms with E-state index in [1.807, 2.05) is 30.3 Å². The summed E-state index contributed by atoms with van der Waals surface area (Å²) in [4.78, 5) is 18.3. The first kappa shape index (κ1) is 12.3. The van der Waals surface area contributed by atoms with Gasteiger partial charge in [-0.05, 0) is 18.7 Å². The zero-order valence-corrected chi connectivity index (χ0v) is 9.93. The second-order valence-corrected chi connectivity index (χ2v) is 3.82. The number of hydrogen-bond donors (Lipinski definition) is 2. The Bertz CT molecular complexity index is 552. The molecule has 0 atom stereocenters. The molecule has 0 unspecified atom stereocenters. The minimum Gasteiger partial charge on any atom is -0.486 e. The fourth-order valence-electron chi connectivity index (χ4n) is 1.58. The lowest BCUT2D eigenvalue weighted by Crippen LogP contribution is -2.16. The number of rotatable bonds is 5. The summed E-state index contributed by atoms with van der Waals surface area (Å²) in [5.41, 5.74) is 5.95. The maximum Gasteiger partial charge on any atom is 0.251 e. The van der Waals surface area contributed by atoms with Gasteiger partial charge < -0.3 is 15.5 Å². The van der Waals surface area contributed by atoms with E-state index in [-0.39, 0.29) is 12.2 Å². The van der Waals surface area contributed by atoms with E-state index in [1.165, 1.54) is 6.07 Å². The summed E-state index contributed by atoms with van der Waals surface area (Å²) in [6, 6.07) is 10.8. The number of aromatic nitrogens is 2. The van der Waals surface area contributed by atoms with Crippen molar-refractivity contribution < 1.29 is 4.74 Å². The normalized spacial score (nSPS) is 10.3. The Hall–Kier alpha value is -2.14. The van der Waals surface area contributed by atoms with Gasteiger partial charge in [-0.2, -0.15) is 0 Å². The maximum absolute atomic E-state index is 11.4. The Morgan fingerprint density at radius 3 is 2.78 bits per heavy atom. The number of aromatic amines is 1. The third-order valence-electron chi connectivity index (χ3n) is 2.36. The molecule has 0 radical (unpaired) electrons. The van der Waals surface area contributed by atoms with Gasteiger partial charge in [-0.1, -0.05) is 18.2 Å². The molecule has 5 heteroatoms. The zero-order valence-electron chi connectivity index (χ0n) is 9.93. The van der Waals surface area contributed by atoms with E-state index in [9.17, 15) is 4.79 Å². The zero-order chi connectivity index (χ0) is 12.8. The summed E-state index contributed by atoms with van der Waals surface area (Å²) in [5.74, 6) is 1.25. The summed E-state index contributed by atoms with van der Waals surface area (Å²) in [6.45, 7) is 0.701. The van der Waals surface area contributed by atoms with Gasteiger partial charge in [0.05, 0.1) is 0 Å². The average Bonchev–Trinajstić information content (AvgIpc) is 2.37. The first-order valence-electron chi connectivity index (χ1n) is 5.75. The maximum atomic E-state index is 11.4. The van der Waals surface area contributed by atoms with E-state index in [1.54, 1.807) is 0 Å². The topological polar surface area (TPSA) is 81.0 Å². The molecule has 1 aromatic carbocycles. The molecule has 2 aromatic rings. The molecule has 0 amide bonds. The van der Waals surface area contributed by atoms with Gasteiger partial charge in [0, 0.05) is 18.2 Å². The number of benzene rings is 1. The summed E-state index contributed by atoms with van der Waals surface area (Å²) >= 11 is 0. The van der Waals surface area contributed by atoms with Crippen LogP contribution < -0.4 is 16.0 Å². The van der Waals surface area contributed by atoms with E-state index in [0.29, 0.717) is 24.5 Å². The van der Waals surface area contributed by atoms with Crippen LogP contribution in [0, 0.1) is 0 Å². The molecule has 94 valence electrons. The SMILES string of the molecule is NCCc1cc(=O)[nH]c(COc2ccccc2)n1. The lowest BCUT2D eigenvalue weighted by atomic mass is 10.3. The van der Waals surface area contributed by atoms with Crippen molar-refractivity contribution in [3.8, 4) is 5.75 Å². The Kier molecular flexibility index (Phi) is 4.09. The highest BCUT2D eigenvalue weighted by Crippen LogP contribution is 2.09. The monoisotopic (exact) mass is 245 g/mol. The van der Waals surface area contributed by atoms with Crippen molar-refractivity contribution in [2.24, 2.45) is 5.73 Å². The van der Waals surface area contributed by atoms with Crippen molar-refractivity contribution >= 4 is 0 Å². The van der Waals surface area contributed by atoms with Gasteiger partial charge in [0.15, 0.2) is 0 Å². The van der Waals surface area contributed by atoms with Crippen LogP contribution in [0.3, 0.4) is 0 Å². The largest absolute Gasteiger partial charge is 0.486 e. The molecule has 1 aromatic heterocycles. The van der Waals surface area contributed by atoms with Gasteiger partial charge in [0.2, 0.25) is 0 Å². The van der Waals surface area contributed by atoms with Crippen LogP contribution in [-0.4, -0.2) is 16.5 Å². The fraction of sp³-hybridized carbons (Fsp3) is 0.231.